The number of rotatable bonds is 4. The van der Waals surface area contributed by atoms with Gasteiger partial charge in [0.2, 0.25) is 5.95 Å². The van der Waals surface area contributed by atoms with Crippen molar-refractivity contribution in [1.82, 2.24) is 20.2 Å². The molecule has 0 saturated heterocycles. The average molecular weight is 287 g/mol. The Morgan fingerprint density at radius 2 is 2.29 bits per heavy atom. The molecule has 7 nitrogen and oxygen atoms in total. The molecule has 3 unspecified atom stereocenters. The molecule has 3 atom stereocenters. The molecule has 2 aliphatic carbocycles. The van der Waals surface area contributed by atoms with E-state index in [9.17, 15) is 0 Å². The van der Waals surface area contributed by atoms with Crippen molar-refractivity contribution in [3.63, 3.8) is 0 Å². The lowest BCUT2D eigenvalue weighted by Gasteiger charge is -2.28. The predicted molar refractivity (Wildman–Crippen MR) is 81.7 cm³/mol. The minimum Gasteiger partial charge on any atom is -0.359 e. The molecule has 2 aromatic heterocycles. The molecule has 0 amide bonds. The number of nitrogens with two attached hydrogens (primary N) is 1. The first-order valence-electron chi connectivity index (χ1n) is 7.63. The SMILES string of the molecule is CN(CC1CC2CCC1C2)c1nc(NN)nc2[nH]ncc12. The maximum absolute atomic E-state index is 5.46. The van der Waals surface area contributed by atoms with Gasteiger partial charge in [-0.1, -0.05) is 6.42 Å². The Bertz CT molecular complexity index is 652. The van der Waals surface area contributed by atoms with Crippen molar-refractivity contribution in [2.45, 2.75) is 25.7 Å². The van der Waals surface area contributed by atoms with E-state index in [-0.39, 0.29) is 0 Å². The van der Waals surface area contributed by atoms with E-state index in [2.05, 4.69) is 37.5 Å². The van der Waals surface area contributed by atoms with Crippen molar-refractivity contribution in [2.24, 2.45) is 23.6 Å². The number of aromatic amines is 1. The van der Waals surface area contributed by atoms with E-state index < -0.39 is 0 Å². The molecule has 0 spiro atoms. The minimum atomic E-state index is 0.418. The van der Waals surface area contributed by atoms with Crippen LogP contribution in [-0.2, 0) is 0 Å². The number of fused-ring (bicyclic) bond motifs is 3. The van der Waals surface area contributed by atoms with Crippen molar-refractivity contribution in [3.8, 4) is 0 Å². The number of aromatic nitrogens is 4. The van der Waals surface area contributed by atoms with E-state index in [4.69, 9.17) is 5.84 Å². The standard InChI is InChI=1S/C14H21N7/c1-21(7-10-5-8-2-3-9(10)4-8)13-11-6-16-20-12(11)17-14(18-13)19-15/h6,8-10H,2-5,7,15H2,1H3,(H2,16,17,18,19,20). The highest BCUT2D eigenvalue weighted by Crippen LogP contribution is 2.48. The summed E-state index contributed by atoms with van der Waals surface area (Å²) in [5.41, 5.74) is 3.24. The fourth-order valence-corrected chi connectivity index (χ4v) is 4.21. The Morgan fingerprint density at radius 3 is 3.00 bits per heavy atom. The number of hydrogen-bond acceptors (Lipinski definition) is 6. The van der Waals surface area contributed by atoms with E-state index in [1.807, 2.05) is 0 Å². The smallest absolute Gasteiger partial charge is 0.241 e. The van der Waals surface area contributed by atoms with Crippen LogP contribution in [0.25, 0.3) is 11.0 Å². The van der Waals surface area contributed by atoms with E-state index >= 15 is 0 Å². The molecule has 2 aromatic rings. The normalized spacial score (nSPS) is 27.4. The molecule has 2 saturated carbocycles. The molecule has 2 fully saturated rings. The van der Waals surface area contributed by atoms with Gasteiger partial charge in [0.25, 0.3) is 0 Å². The van der Waals surface area contributed by atoms with E-state index in [1.54, 1.807) is 6.20 Å². The molecule has 21 heavy (non-hydrogen) atoms. The molecular weight excluding hydrogens is 266 g/mol. The van der Waals surface area contributed by atoms with Crippen LogP contribution < -0.4 is 16.2 Å². The fraction of sp³-hybridized carbons (Fsp3) is 0.643. The lowest BCUT2D eigenvalue weighted by atomic mass is 9.88. The van der Waals surface area contributed by atoms with Crippen LogP contribution in [0.3, 0.4) is 0 Å². The molecule has 112 valence electrons. The minimum absolute atomic E-state index is 0.418. The van der Waals surface area contributed by atoms with Gasteiger partial charge in [0.15, 0.2) is 5.65 Å². The van der Waals surface area contributed by atoms with E-state index in [0.717, 1.165) is 35.5 Å². The molecule has 0 radical (unpaired) electrons. The van der Waals surface area contributed by atoms with Crippen LogP contribution in [-0.4, -0.2) is 33.8 Å². The van der Waals surface area contributed by atoms with Crippen LogP contribution in [0.2, 0.25) is 0 Å². The number of H-pyrrole nitrogens is 1. The number of hydrogen-bond donors (Lipinski definition) is 3. The Kier molecular flexibility index (Phi) is 2.95. The third-order valence-electron chi connectivity index (χ3n) is 5.17. The molecule has 2 heterocycles. The monoisotopic (exact) mass is 287 g/mol. The van der Waals surface area contributed by atoms with Gasteiger partial charge < -0.3 is 4.90 Å². The van der Waals surface area contributed by atoms with Gasteiger partial charge >= 0.3 is 0 Å². The summed E-state index contributed by atoms with van der Waals surface area (Å²) in [6.45, 7) is 1.04. The van der Waals surface area contributed by atoms with Gasteiger partial charge in [-0.2, -0.15) is 15.1 Å². The van der Waals surface area contributed by atoms with E-state index in [1.165, 1.54) is 25.7 Å². The predicted octanol–water partition coefficient (Wildman–Crippen LogP) is 1.51. The second-order valence-corrected chi connectivity index (χ2v) is 6.46. The molecule has 7 heteroatoms. The van der Waals surface area contributed by atoms with Crippen molar-refractivity contribution in [2.75, 3.05) is 23.9 Å². The Labute approximate surface area is 123 Å². The molecule has 2 bridgehead atoms. The summed E-state index contributed by atoms with van der Waals surface area (Å²) in [5.74, 6) is 9.44. The third kappa shape index (κ3) is 2.12. The van der Waals surface area contributed by atoms with Crippen molar-refractivity contribution in [1.29, 1.82) is 0 Å². The summed E-state index contributed by atoms with van der Waals surface area (Å²) < 4.78 is 0. The number of anilines is 2. The number of nitrogens with one attached hydrogen (secondary N) is 2. The average Bonchev–Trinajstić information content (AvgIpc) is 3.21. The summed E-state index contributed by atoms with van der Waals surface area (Å²) >= 11 is 0. The molecular formula is C14H21N7. The molecule has 4 rings (SSSR count). The molecule has 0 aliphatic heterocycles. The van der Waals surface area contributed by atoms with Gasteiger partial charge in [0, 0.05) is 13.6 Å². The van der Waals surface area contributed by atoms with Crippen LogP contribution in [0.1, 0.15) is 25.7 Å². The maximum Gasteiger partial charge on any atom is 0.241 e. The second-order valence-electron chi connectivity index (χ2n) is 6.46. The zero-order valence-electron chi connectivity index (χ0n) is 12.2. The Balaban J connectivity index is 1.61. The summed E-state index contributed by atoms with van der Waals surface area (Å²) in [4.78, 5) is 11.0. The quantitative estimate of drug-likeness (QED) is 0.583. The van der Waals surface area contributed by atoms with Crippen molar-refractivity contribution < 1.29 is 0 Å². The van der Waals surface area contributed by atoms with Crippen LogP contribution >= 0.6 is 0 Å². The highest BCUT2D eigenvalue weighted by molar-refractivity contribution is 5.87. The van der Waals surface area contributed by atoms with Crippen molar-refractivity contribution >= 4 is 22.8 Å². The first-order valence-corrected chi connectivity index (χ1v) is 7.63. The summed E-state index contributed by atoms with van der Waals surface area (Å²) in [6.07, 6.45) is 7.42. The molecule has 2 aliphatic rings. The molecule has 4 N–H and O–H groups in total. The van der Waals surface area contributed by atoms with Crippen LogP contribution in [0, 0.1) is 17.8 Å². The Morgan fingerprint density at radius 1 is 1.38 bits per heavy atom. The second kappa shape index (κ2) is 4.84. The lowest BCUT2D eigenvalue weighted by molar-refractivity contribution is 0.337. The lowest BCUT2D eigenvalue weighted by Crippen LogP contribution is -2.29. The third-order valence-corrected chi connectivity index (χ3v) is 5.17. The van der Waals surface area contributed by atoms with Gasteiger partial charge in [-0.3, -0.25) is 10.5 Å². The zero-order chi connectivity index (χ0) is 14.4. The van der Waals surface area contributed by atoms with Crippen LogP contribution in [0.4, 0.5) is 11.8 Å². The number of nitrogens with zero attached hydrogens (tertiary/aromatic N) is 4. The highest BCUT2D eigenvalue weighted by Gasteiger charge is 2.39. The van der Waals surface area contributed by atoms with E-state index in [0.29, 0.717) is 11.6 Å². The summed E-state index contributed by atoms with van der Waals surface area (Å²) in [5, 5.41) is 7.90. The topological polar surface area (TPSA) is 95.8 Å². The number of hydrazine groups is 1. The first-order chi connectivity index (χ1) is 10.2. The summed E-state index contributed by atoms with van der Waals surface area (Å²) in [6, 6.07) is 0. The Hall–Kier alpha value is -1.89. The number of nitrogen functional groups attached to an aromatic ring is 1. The van der Waals surface area contributed by atoms with Crippen LogP contribution in [0.15, 0.2) is 6.20 Å². The largest absolute Gasteiger partial charge is 0.359 e. The van der Waals surface area contributed by atoms with Gasteiger partial charge in [-0.25, -0.2) is 5.84 Å². The van der Waals surface area contributed by atoms with Gasteiger partial charge in [0.05, 0.1) is 11.6 Å². The van der Waals surface area contributed by atoms with Gasteiger partial charge in [-0.15, -0.1) is 0 Å². The van der Waals surface area contributed by atoms with Crippen molar-refractivity contribution in [3.05, 3.63) is 6.20 Å². The van der Waals surface area contributed by atoms with Gasteiger partial charge in [0.1, 0.15) is 5.82 Å². The van der Waals surface area contributed by atoms with Gasteiger partial charge in [-0.05, 0) is 37.0 Å². The summed E-state index contributed by atoms with van der Waals surface area (Å²) in [7, 11) is 2.10. The zero-order valence-corrected chi connectivity index (χ0v) is 12.2. The maximum atomic E-state index is 5.46. The first kappa shape index (κ1) is 12.8. The fourth-order valence-electron chi connectivity index (χ4n) is 4.21. The van der Waals surface area contributed by atoms with Crippen LogP contribution in [0.5, 0.6) is 0 Å². The molecule has 0 aromatic carbocycles. The highest BCUT2D eigenvalue weighted by atomic mass is 15.3.